The van der Waals surface area contributed by atoms with Gasteiger partial charge in [-0.15, -0.1) is 0 Å². The monoisotopic (exact) mass is 552 g/mol. The Kier molecular flexibility index (Phi) is 12.2. The van der Waals surface area contributed by atoms with E-state index < -0.39 is 23.6 Å². The third-order valence-corrected chi connectivity index (χ3v) is 6.27. The van der Waals surface area contributed by atoms with E-state index in [1.165, 1.54) is 6.08 Å². The van der Waals surface area contributed by atoms with E-state index in [-0.39, 0.29) is 12.1 Å². The van der Waals surface area contributed by atoms with E-state index in [4.69, 9.17) is 15.3 Å². The largest absolute Gasteiger partial charge is 0.445 e. The van der Waals surface area contributed by atoms with E-state index in [2.05, 4.69) is 29.4 Å². The van der Waals surface area contributed by atoms with E-state index in [1.807, 2.05) is 68.1 Å². The number of ether oxygens (including phenoxy) is 1. The Hall–Kier alpha value is -5.07. The van der Waals surface area contributed by atoms with Gasteiger partial charge in [0.05, 0.1) is 37.1 Å². The zero-order valence-electron chi connectivity index (χ0n) is 24.0. The highest BCUT2D eigenvalue weighted by atomic mass is 16.6. The second kappa shape index (κ2) is 15.5. The average molecular weight is 553 g/mol. The molecule has 0 aromatic heterocycles. The molecule has 212 valence electrons. The van der Waals surface area contributed by atoms with Crippen LogP contribution in [0.1, 0.15) is 57.2 Å². The minimum Gasteiger partial charge on any atom is -0.445 e. The molecule has 0 aliphatic rings. The number of benzene rings is 2. The van der Waals surface area contributed by atoms with Gasteiger partial charge in [-0.25, -0.2) is 4.79 Å². The molecule has 2 N–H and O–H groups in total. The highest BCUT2D eigenvalue weighted by Crippen LogP contribution is 2.24. The normalized spacial score (nSPS) is 11.7. The fourth-order valence-corrected chi connectivity index (χ4v) is 3.92. The molecule has 0 radical (unpaired) electrons. The maximum absolute atomic E-state index is 12.6. The van der Waals surface area contributed by atoms with Crippen molar-refractivity contribution in [1.29, 1.82) is 15.8 Å². The summed E-state index contributed by atoms with van der Waals surface area (Å²) in [5.74, 6) is -0.589. The Morgan fingerprint density at radius 2 is 1.71 bits per heavy atom. The molecule has 9 heteroatoms. The molecule has 0 fully saturated rings. The zero-order chi connectivity index (χ0) is 30.4. The van der Waals surface area contributed by atoms with Gasteiger partial charge in [-0.1, -0.05) is 42.5 Å². The molecular formula is C32H36N6O3. The lowest BCUT2D eigenvalue weighted by atomic mass is 9.92. The maximum atomic E-state index is 12.6. The molecule has 2 aromatic rings. The summed E-state index contributed by atoms with van der Waals surface area (Å²) in [5, 5.41) is 32.8. The third-order valence-electron chi connectivity index (χ3n) is 6.27. The fraction of sp³-hybridized carbons (Fsp3) is 0.344. The molecule has 0 spiro atoms. The Balaban J connectivity index is 1.96. The predicted octanol–water partition coefficient (Wildman–Crippen LogP) is 5.43. The number of allylic oxidation sites excluding steroid dienone is 1. The Bertz CT molecular complexity index is 1370. The first kappa shape index (κ1) is 32.1. The predicted molar refractivity (Wildman–Crippen MR) is 159 cm³/mol. The lowest BCUT2D eigenvalue weighted by Gasteiger charge is -2.28. The lowest BCUT2D eigenvalue weighted by molar-refractivity contribution is -0.117. The average Bonchev–Trinajstić information content (AvgIpc) is 2.94. The van der Waals surface area contributed by atoms with Crippen molar-refractivity contribution in [1.82, 2.24) is 10.6 Å². The van der Waals surface area contributed by atoms with Crippen molar-refractivity contribution < 1.29 is 14.3 Å². The molecule has 0 aliphatic carbocycles. The molecule has 0 saturated heterocycles. The highest BCUT2D eigenvalue weighted by Gasteiger charge is 2.25. The van der Waals surface area contributed by atoms with Crippen molar-refractivity contribution >= 4 is 29.3 Å². The lowest BCUT2D eigenvalue weighted by Crippen LogP contribution is -2.44. The standard InChI is InChI=1S/C32H36N6O3/c1-23(2)26-9-6-10-28(20-26)32(4,5)37-31(40)41-24(3)22-36-30(39)27(21-35)19-25-11-13-29(14-12-25)38(17-7-15-33)18-8-16-34/h6,9-14,19-20,24H,1,7-8,17-18,22H2,2-5H3,(H,36,39)(H,37,40)/b27-19+. The van der Waals surface area contributed by atoms with Crippen molar-refractivity contribution in [3.63, 3.8) is 0 Å². The third kappa shape index (κ3) is 10.2. The number of hydrogen-bond acceptors (Lipinski definition) is 7. The summed E-state index contributed by atoms with van der Waals surface area (Å²) in [6, 6.07) is 21.0. The molecule has 1 unspecified atom stereocenters. The molecule has 2 aromatic carbocycles. The second-order valence-electron chi connectivity index (χ2n) is 10.1. The second-order valence-corrected chi connectivity index (χ2v) is 10.1. The van der Waals surface area contributed by atoms with Crippen LogP contribution < -0.4 is 15.5 Å². The first-order chi connectivity index (χ1) is 19.5. The van der Waals surface area contributed by atoms with Crippen LogP contribution in [0.5, 0.6) is 0 Å². The van der Waals surface area contributed by atoms with Gasteiger partial charge in [0.2, 0.25) is 0 Å². The van der Waals surface area contributed by atoms with Gasteiger partial charge in [-0.05, 0) is 68.7 Å². The maximum Gasteiger partial charge on any atom is 0.408 e. The van der Waals surface area contributed by atoms with Gasteiger partial charge in [-0.3, -0.25) is 4.79 Å². The summed E-state index contributed by atoms with van der Waals surface area (Å²) < 4.78 is 5.43. The van der Waals surface area contributed by atoms with Crippen LogP contribution in [0.3, 0.4) is 0 Å². The summed E-state index contributed by atoms with van der Waals surface area (Å²) in [6.07, 6.45) is 0.845. The fourth-order valence-electron chi connectivity index (χ4n) is 3.92. The number of rotatable bonds is 13. The molecular weight excluding hydrogens is 516 g/mol. The first-order valence-electron chi connectivity index (χ1n) is 13.2. The number of nitriles is 3. The Labute approximate surface area is 242 Å². The highest BCUT2D eigenvalue weighted by molar-refractivity contribution is 6.01. The Morgan fingerprint density at radius 1 is 1.07 bits per heavy atom. The van der Waals surface area contributed by atoms with Crippen molar-refractivity contribution in [2.75, 3.05) is 24.5 Å². The number of amides is 2. The summed E-state index contributed by atoms with van der Waals surface area (Å²) >= 11 is 0. The molecule has 1 atom stereocenters. The molecule has 0 saturated carbocycles. The van der Waals surface area contributed by atoms with Crippen molar-refractivity contribution in [2.24, 2.45) is 0 Å². The van der Waals surface area contributed by atoms with Crippen LogP contribution in [0.2, 0.25) is 0 Å². The molecule has 0 aliphatic heterocycles. The van der Waals surface area contributed by atoms with Crippen LogP contribution >= 0.6 is 0 Å². The Morgan fingerprint density at radius 3 is 2.27 bits per heavy atom. The topological polar surface area (TPSA) is 142 Å². The van der Waals surface area contributed by atoms with E-state index >= 15 is 0 Å². The smallest absolute Gasteiger partial charge is 0.408 e. The van der Waals surface area contributed by atoms with E-state index in [1.54, 1.807) is 19.1 Å². The number of nitrogens with one attached hydrogen (secondary N) is 2. The minimum atomic E-state index is -0.708. The van der Waals surface area contributed by atoms with E-state index in [0.717, 1.165) is 22.4 Å². The van der Waals surface area contributed by atoms with E-state index in [9.17, 15) is 14.9 Å². The van der Waals surface area contributed by atoms with Crippen molar-refractivity contribution in [2.45, 2.75) is 52.2 Å². The quantitative estimate of drug-likeness (QED) is 0.249. The van der Waals surface area contributed by atoms with Crippen LogP contribution in [-0.4, -0.2) is 37.7 Å². The molecule has 2 amide bonds. The number of carbonyl (C=O) groups excluding carboxylic acids is 2. The summed E-state index contributed by atoms with van der Waals surface area (Å²) in [7, 11) is 0. The van der Waals surface area contributed by atoms with Crippen LogP contribution in [0, 0.1) is 34.0 Å². The number of anilines is 1. The van der Waals surface area contributed by atoms with Crippen LogP contribution in [0.15, 0.2) is 60.7 Å². The van der Waals surface area contributed by atoms with Gasteiger partial charge < -0.3 is 20.3 Å². The molecule has 0 bridgehead atoms. The molecule has 41 heavy (non-hydrogen) atoms. The van der Waals surface area contributed by atoms with Gasteiger partial charge in [-0.2, -0.15) is 15.8 Å². The first-order valence-corrected chi connectivity index (χ1v) is 13.2. The van der Waals surface area contributed by atoms with Gasteiger partial charge in [0, 0.05) is 18.8 Å². The SMILES string of the molecule is C=C(C)c1cccc(C(C)(C)NC(=O)OC(C)CNC(=O)/C(C#N)=C/c2ccc(N(CCC#N)CCC#N)cc2)c1. The van der Waals surface area contributed by atoms with E-state index in [0.29, 0.717) is 31.5 Å². The van der Waals surface area contributed by atoms with Gasteiger partial charge in [0.25, 0.3) is 5.91 Å². The number of alkyl carbamates (subject to hydrolysis) is 1. The number of carbonyl (C=O) groups is 2. The number of nitrogens with zero attached hydrogens (tertiary/aromatic N) is 4. The van der Waals surface area contributed by atoms with Crippen LogP contribution in [0.25, 0.3) is 11.6 Å². The van der Waals surface area contributed by atoms with Crippen molar-refractivity contribution in [3.8, 4) is 18.2 Å². The van der Waals surface area contributed by atoms with Gasteiger partial charge in [0.15, 0.2) is 0 Å². The minimum absolute atomic E-state index is 0.0164. The van der Waals surface area contributed by atoms with Gasteiger partial charge >= 0.3 is 6.09 Å². The molecule has 9 nitrogen and oxygen atoms in total. The summed E-state index contributed by atoms with van der Waals surface area (Å²) in [6.45, 7) is 12.3. The van der Waals surface area contributed by atoms with Crippen LogP contribution in [0.4, 0.5) is 10.5 Å². The zero-order valence-corrected chi connectivity index (χ0v) is 24.0. The number of hydrogen-bond donors (Lipinski definition) is 2. The summed E-state index contributed by atoms with van der Waals surface area (Å²) in [5.41, 5.74) is 3.47. The summed E-state index contributed by atoms with van der Waals surface area (Å²) in [4.78, 5) is 27.2. The van der Waals surface area contributed by atoms with Crippen molar-refractivity contribution in [3.05, 3.63) is 77.4 Å². The molecule has 0 heterocycles. The molecule has 2 rings (SSSR count). The van der Waals surface area contributed by atoms with Crippen LogP contribution in [-0.2, 0) is 15.1 Å². The van der Waals surface area contributed by atoms with Gasteiger partial charge in [0.1, 0.15) is 17.7 Å².